The molecule has 3 heteroatoms. The lowest BCUT2D eigenvalue weighted by Gasteiger charge is -2.06. The van der Waals surface area contributed by atoms with Gasteiger partial charge in [0, 0.05) is 17.5 Å². The van der Waals surface area contributed by atoms with E-state index in [0.717, 1.165) is 6.54 Å². The van der Waals surface area contributed by atoms with Gasteiger partial charge >= 0.3 is 0 Å². The molecule has 1 N–H and O–H groups in total. The Kier molecular flexibility index (Phi) is 7.01. The van der Waals surface area contributed by atoms with Crippen LogP contribution in [-0.2, 0) is 19.4 Å². The lowest BCUT2D eigenvalue weighted by molar-refractivity contribution is 0.558. The van der Waals surface area contributed by atoms with E-state index >= 15 is 0 Å². The Morgan fingerprint density at radius 1 is 0.950 bits per heavy atom. The highest BCUT2D eigenvalue weighted by molar-refractivity contribution is 7.11. The Bertz CT molecular complexity index is 355. The number of fused-ring (bicyclic) bond motifs is 1. The van der Waals surface area contributed by atoms with E-state index in [0.29, 0.717) is 6.04 Å². The van der Waals surface area contributed by atoms with Crippen LogP contribution in [0.2, 0.25) is 0 Å². The van der Waals surface area contributed by atoms with Crippen LogP contribution in [0.25, 0.3) is 0 Å². The third-order valence-corrected chi connectivity index (χ3v) is 5.21. The number of rotatable bonds is 3. The number of aryl methyl sites for hydroxylation is 2. The minimum atomic E-state index is 0.542. The molecule has 0 saturated heterocycles. The van der Waals surface area contributed by atoms with Crippen molar-refractivity contribution in [3.63, 3.8) is 0 Å². The molecule has 1 heterocycles. The molecule has 1 aromatic heterocycles. The third-order valence-electron chi connectivity index (χ3n) is 4.05. The van der Waals surface area contributed by atoms with Gasteiger partial charge in [-0.15, -0.1) is 11.3 Å². The summed E-state index contributed by atoms with van der Waals surface area (Å²) in [6.07, 6.45) is 13.7. The number of aromatic nitrogens is 1. The first-order chi connectivity index (χ1) is 9.75. The summed E-state index contributed by atoms with van der Waals surface area (Å²) in [4.78, 5) is 6.48. The maximum Gasteiger partial charge on any atom is 0.107 e. The highest BCUT2D eigenvalue weighted by Gasteiger charge is 2.11. The second-order valence-electron chi connectivity index (χ2n) is 6.34. The fourth-order valence-corrected chi connectivity index (χ4v) is 3.94. The SMILES string of the molecule is CC(C)NCc1nc2c(s1)CCCCCCCCCC2. The summed E-state index contributed by atoms with van der Waals surface area (Å²) in [7, 11) is 0. The molecule has 2 nitrogen and oxygen atoms in total. The fourth-order valence-electron chi connectivity index (χ4n) is 2.83. The lowest BCUT2D eigenvalue weighted by atomic mass is 10.0. The Morgan fingerprint density at radius 3 is 2.20 bits per heavy atom. The van der Waals surface area contributed by atoms with Crippen molar-refractivity contribution < 1.29 is 0 Å². The van der Waals surface area contributed by atoms with Crippen LogP contribution in [0.1, 0.15) is 80.8 Å². The van der Waals surface area contributed by atoms with Crippen LogP contribution in [0, 0.1) is 0 Å². The summed E-state index contributed by atoms with van der Waals surface area (Å²) < 4.78 is 0. The summed E-state index contributed by atoms with van der Waals surface area (Å²) in [6.45, 7) is 5.34. The maximum absolute atomic E-state index is 4.91. The number of hydrogen-bond acceptors (Lipinski definition) is 3. The highest BCUT2D eigenvalue weighted by Crippen LogP contribution is 2.24. The Morgan fingerprint density at radius 2 is 1.55 bits per heavy atom. The van der Waals surface area contributed by atoms with Gasteiger partial charge in [0.1, 0.15) is 5.01 Å². The van der Waals surface area contributed by atoms with Crippen LogP contribution in [-0.4, -0.2) is 11.0 Å². The van der Waals surface area contributed by atoms with Crippen molar-refractivity contribution in [2.24, 2.45) is 0 Å². The molecule has 2 rings (SSSR count). The third kappa shape index (κ3) is 5.53. The molecule has 1 aliphatic rings. The van der Waals surface area contributed by atoms with Crippen molar-refractivity contribution in [2.45, 2.75) is 90.6 Å². The van der Waals surface area contributed by atoms with Gasteiger partial charge in [0.05, 0.1) is 5.69 Å². The van der Waals surface area contributed by atoms with Crippen molar-refractivity contribution in [2.75, 3.05) is 0 Å². The first-order valence-electron chi connectivity index (χ1n) is 8.46. The van der Waals surface area contributed by atoms with E-state index in [-0.39, 0.29) is 0 Å². The summed E-state index contributed by atoms with van der Waals surface area (Å²) in [5.41, 5.74) is 1.41. The standard InChI is InChI=1S/C17H30N2S/c1-14(2)18-13-17-19-15-11-9-7-5-3-4-6-8-10-12-16(15)20-17/h14,18H,3-13H2,1-2H3. The van der Waals surface area contributed by atoms with Crippen LogP contribution >= 0.6 is 11.3 Å². The van der Waals surface area contributed by atoms with E-state index in [4.69, 9.17) is 4.98 Å². The van der Waals surface area contributed by atoms with Gasteiger partial charge in [-0.25, -0.2) is 4.98 Å². The average Bonchev–Trinajstić information content (AvgIpc) is 2.79. The minimum Gasteiger partial charge on any atom is -0.308 e. The normalized spacial score (nSPS) is 18.4. The molecule has 0 aliphatic heterocycles. The van der Waals surface area contributed by atoms with Crippen molar-refractivity contribution >= 4 is 11.3 Å². The molecule has 0 fully saturated rings. The number of nitrogens with one attached hydrogen (secondary N) is 1. The second kappa shape index (κ2) is 8.78. The van der Waals surface area contributed by atoms with Gasteiger partial charge < -0.3 is 5.32 Å². The molecule has 114 valence electrons. The summed E-state index contributed by atoms with van der Waals surface area (Å²) in [5, 5.41) is 4.79. The minimum absolute atomic E-state index is 0.542. The molecule has 0 radical (unpaired) electrons. The second-order valence-corrected chi connectivity index (χ2v) is 7.51. The van der Waals surface area contributed by atoms with E-state index in [2.05, 4.69) is 19.2 Å². The van der Waals surface area contributed by atoms with Crippen LogP contribution in [0.4, 0.5) is 0 Å². The van der Waals surface area contributed by atoms with Crippen LogP contribution in [0.3, 0.4) is 0 Å². The molecular formula is C17H30N2S. The van der Waals surface area contributed by atoms with E-state index in [1.165, 1.54) is 74.9 Å². The summed E-state index contributed by atoms with van der Waals surface area (Å²) in [5.74, 6) is 0. The van der Waals surface area contributed by atoms with E-state index in [1.54, 1.807) is 4.88 Å². The fraction of sp³-hybridized carbons (Fsp3) is 0.824. The monoisotopic (exact) mass is 294 g/mol. The van der Waals surface area contributed by atoms with Gasteiger partial charge in [-0.2, -0.15) is 0 Å². The van der Waals surface area contributed by atoms with Crippen LogP contribution < -0.4 is 5.32 Å². The molecule has 0 saturated carbocycles. The Balaban J connectivity index is 1.97. The van der Waals surface area contributed by atoms with Gasteiger partial charge in [-0.3, -0.25) is 0 Å². The molecule has 0 bridgehead atoms. The molecule has 0 spiro atoms. The zero-order chi connectivity index (χ0) is 14.2. The quantitative estimate of drug-likeness (QED) is 0.861. The van der Waals surface area contributed by atoms with E-state index < -0.39 is 0 Å². The maximum atomic E-state index is 4.91. The van der Waals surface area contributed by atoms with Crippen molar-refractivity contribution in [3.8, 4) is 0 Å². The van der Waals surface area contributed by atoms with Crippen LogP contribution in [0.15, 0.2) is 0 Å². The molecule has 0 atom stereocenters. The molecule has 0 unspecified atom stereocenters. The first-order valence-corrected chi connectivity index (χ1v) is 9.28. The topological polar surface area (TPSA) is 24.9 Å². The number of thiazole rings is 1. The molecule has 20 heavy (non-hydrogen) atoms. The van der Waals surface area contributed by atoms with Crippen molar-refractivity contribution in [3.05, 3.63) is 15.6 Å². The largest absolute Gasteiger partial charge is 0.308 e. The van der Waals surface area contributed by atoms with Gasteiger partial charge in [-0.1, -0.05) is 52.4 Å². The van der Waals surface area contributed by atoms with Crippen molar-refractivity contribution in [1.29, 1.82) is 0 Å². The molecular weight excluding hydrogens is 264 g/mol. The molecule has 1 aliphatic carbocycles. The average molecular weight is 295 g/mol. The van der Waals surface area contributed by atoms with Gasteiger partial charge in [-0.05, 0) is 25.7 Å². The predicted octanol–water partition coefficient (Wildman–Crippen LogP) is 4.86. The highest BCUT2D eigenvalue weighted by atomic mass is 32.1. The zero-order valence-corrected chi connectivity index (χ0v) is 14.0. The van der Waals surface area contributed by atoms with Gasteiger partial charge in [0.15, 0.2) is 0 Å². The molecule has 0 aromatic carbocycles. The first kappa shape index (κ1) is 16.0. The van der Waals surface area contributed by atoms with Crippen molar-refractivity contribution in [1.82, 2.24) is 10.3 Å². The Hall–Kier alpha value is -0.410. The van der Waals surface area contributed by atoms with Gasteiger partial charge in [0.25, 0.3) is 0 Å². The Labute approximate surface area is 128 Å². The lowest BCUT2D eigenvalue weighted by Crippen LogP contribution is -2.21. The summed E-state index contributed by atoms with van der Waals surface area (Å²) in [6, 6.07) is 0.542. The van der Waals surface area contributed by atoms with Crippen LogP contribution in [0.5, 0.6) is 0 Å². The number of nitrogens with zero attached hydrogens (tertiary/aromatic N) is 1. The molecule has 1 aromatic rings. The van der Waals surface area contributed by atoms with Gasteiger partial charge in [0.2, 0.25) is 0 Å². The van der Waals surface area contributed by atoms with E-state index in [1.807, 2.05) is 11.3 Å². The number of hydrogen-bond donors (Lipinski definition) is 1. The summed E-state index contributed by atoms with van der Waals surface area (Å²) >= 11 is 1.95. The van der Waals surface area contributed by atoms with E-state index in [9.17, 15) is 0 Å². The predicted molar refractivity (Wildman–Crippen MR) is 88.4 cm³/mol. The zero-order valence-electron chi connectivity index (χ0n) is 13.2. The smallest absolute Gasteiger partial charge is 0.107 e. The molecule has 0 amide bonds.